The molecular formula is C16H17ClN4S. The minimum atomic E-state index is 0.337. The lowest BCUT2D eigenvalue weighted by Gasteiger charge is -2.39. The Kier molecular flexibility index (Phi) is 4.63. The summed E-state index contributed by atoms with van der Waals surface area (Å²) in [7, 11) is 0. The molecule has 0 radical (unpaired) electrons. The van der Waals surface area contributed by atoms with Gasteiger partial charge in [-0.1, -0.05) is 17.7 Å². The number of rotatable bonds is 3. The predicted molar refractivity (Wildman–Crippen MR) is 90.5 cm³/mol. The number of para-hydroxylation sites is 1. The molecule has 0 spiro atoms. The van der Waals surface area contributed by atoms with E-state index in [4.69, 9.17) is 11.6 Å². The molecule has 4 nitrogen and oxygen atoms in total. The number of halogens is 1. The molecule has 0 amide bonds. The van der Waals surface area contributed by atoms with E-state index in [1.54, 1.807) is 11.3 Å². The second kappa shape index (κ2) is 6.66. The quantitative estimate of drug-likeness (QED) is 0.862. The van der Waals surface area contributed by atoms with Gasteiger partial charge in [-0.25, -0.2) is 4.98 Å². The smallest absolute Gasteiger partial charge is 0.109 e. The molecule has 1 unspecified atom stereocenters. The molecule has 1 aliphatic rings. The highest BCUT2D eigenvalue weighted by molar-refractivity contribution is 7.09. The summed E-state index contributed by atoms with van der Waals surface area (Å²) >= 11 is 8.01. The Morgan fingerprint density at radius 1 is 1.32 bits per heavy atom. The van der Waals surface area contributed by atoms with Crippen molar-refractivity contribution in [2.24, 2.45) is 0 Å². The molecule has 6 heteroatoms. The number of nitrogens with zero attached hydrogens (tertiary/aromatic N) is 4. The lowest BCUT2D eigenvalue weighted by molar-refractivity contribution is 0.198. The summed E-state index contributed by atoms with van der Waals surface area (Å²) < 4.78 is 0. The van der Waals surface area contributed by atoms with Crippen LogP contribution in [0, 0.1) is 11.3 Å². The summed E-state index contributed by atoms with van der Waals surface area (Å²) in [5.74, 6) is 0. The van der Waals surface area contributed by atoms with Gasteiger partial charge in [0.05, 0.1) is 22.3 Å². The minimum absolute atomic E-state index is 0.337. The summed E-state index contributed by atoms with van der Waals surface area (Å²) in [6.45, 7) is 5.82. The van der Waals surface area contributed by atoms with E-state index in [-0.39, 0.29) is 0 Å². The zero-order valence-corrected chi connectivity index (χ0v) is 13.9. The van der Waals surface area contributed by atoms with Gasteiger partial charge in [-0.05, 0) is 19.1 Å². The van der Waals surface area contributed by atoms with Crippen LogP contribution in [0.5, 0.6) is 0 Å². The number of hydrogen-bond acceptors (Lipinski definition) is 5. The van der Waals surface area contributed by atoms with Gasteiger partial charge in [-0.2, -0.15) is 5.26 Å². The molecule has 1 aliphatic heterocycles. The van der Waals surface area contributed by atoms with Gasteiger partial charge in [0.25, 0.3) is 0 Å². The first-order valence-corrected chi connectivity index (χ1v) is 8.53. The van der Waals surface area contributed by atoms with Crippen LogP contribution in [0.4, 0.5) is 5.69 Å². The molecule has 3 rings (SSSR count). The molecule has 0 aliphatic carbocycles. The van der Waals surface area contributed by atoms with E-state index in [9.17, 15) is 5.26 Å². The number of benzene rings is 1. The Morgan fingerprint density at radius 2 is 2.09 bits per heavy atom. The second-order valence-corrected chi connectivity index (χ2v) is 6.65. The fraction of sp³-hybridized carbons (Fsp3) is 0.375. The first-order chi connectivity index (χ1) is 10.7. The summed E-state index contributed by atoms with van der Waals surface area (Å²) in [5.41, 5.74) is 1.52. The van der Waals surface area contributed by atoms with Crippen LogP contribution in [0.1, 0.15) is 23.5 Å². The van der Waals surface area contributed by atoms with E-state index in [1.165, 1.54) is 0 Å². The van der Waals surface area contributed by atoms with E-state index < -0.39 is 0 Å². The molecule has 22 heavy (non-hydrogen) atoms. The summed E-state index contributed by atoms with van der Waals surface area (Å²) in [4.78, 5) is 9.05. The highest BCUT2D eigenvalue weighted by Gasteiger charge is 2.25. The number of piperazine rings is 1. The average molecular weight is 333 g/mol. The van der Waals surface area contributed by atoms with Crippen molar-refractivity contribution in [2.45, 2.75) is 13.0 Å². The monoisotopic (exact) mass is 332 g/mol. The normalized spacial score (nSPS) is 17.2. The minimum Gasteiger partial charge on any atom is -0.367 e. The van der Waals surface area contributed by atoms with Crippen molar-refractivity contribution in [1.82, 2.24) is 9.88 Å². The van der Waals surface area contributed by atoms with Crippen molar-refractivity contribution < 1.29 is 0 Å². The van der Waals surface area contributed by atoms with Crippen LogP contribution in [0.2, 0.25) is 5.02 Å². The average Bonchev–Trinajstić information content (AvgIpc) is 3.08. The lowest BCUT2D eigenvalue weighted by atomic mass is 10.1. The number of hydrogen-bond donors (Lipinski definition) is 0. The number of anilines is 1. The maximum Gasteiger partial charge on any atom is 0.109 e. The summed E-state index contributed by atoms with van der Waals surface area (Å²) in [6, 6.07) is 8.08. The highest BCUT2D eigenvalue weighted by Crippen LogP contribution is 2.31. The van der Waals surface area contributed by atoms with Crippen molar-refractivity contribution in [1.29, 1.82) is 5.26 Å². The van der Waals surface area contributed by atoms with Crippen LogP contribution >= 0.6 is 22.9 Å². The van der Waals surface area contributed by atoms with Crippen LogP contribution in [0.15, 0.2) is 29.8 Å². The van der Waals surface area contributed by atoms with Gasteiger partial charge < -0.3 is 4.90 Å². The van der Waals surface area contributed by atoms with Crippen LogP contribution in [-0.2, 0) is 0 Å². The maximum atomic E-state index is 9.29. The van der Waals surface area contributed by atoms with Crippen molar-refractivity contribution >= 4 is 28.6 Å². The van der Waals surface area contributed by atoms with E-state index in [1.807, 2.05) is 29.8 Å². The van der Waals surface area contributed by atoms with Gasteiger partial charge in [0.2, 0.25) is 0 Å². The number of thiazole rings is 1. The van der Waals surface area contributed by atoms with Gasteiger partial charge >= 0.3 is 0 Å². The van der Waals surface area contributed by atoms with Gasteiger partial charge in [0, 0.05) is 37.8 Å². The van der Waals surface area contributed by atoms with Gasteiger partial charge in [-0.15, -0.1) is 11.3 Å². The Hall–Kier alpha value is -1.61. The zero-order valence-electron chi connectivity index (χ0n) is 12.4. The fourth-order valence-electron chi connectivity index (χ4n) is 2.86. The Bertz CT molecular complexity index is 672. The summed E-state index contributed by atoms with van der Waals surface area (Å²) in [6.07, 6.45) is 1.86. The largest absolute Gasteiger partial charge is 0.367 e. The van der Waals surface area contributed by atoms with E-state index >= 15 is 0 Å². The van der Waals surface area contributed by atoms with Gasteiger partial charge in [0.15, 0.2) is 0 Å². The van der Waals surface area contributed by atoms with Crippen LogP contribution in [0.25, 0.3) is 0 Å². The fourth-order valence-corrected chi connectivity index (χ4v) is 3.88. The van der Waals surface area contributed by atoms with Crippen molar-refractivity contribution in [3.05, 3.63) is 45.4 Å². The first kappa shape index (κ1) is 15.3. The number of nitriles is 1. The van der Waals surface area contributed by atoms with Gasteiger partial charge in [-0.3, -0.25) is 4.90 Å². The molecule has 1 fully saturated rings. The van der Waals surface area contributed by atoms with E-state index in [2.05, 4.69) is 27.8 Å². The lowest BCUT2D eigenvalue weighted by Crippen LogP contribution is -2.47. The molecule has 1 atom stereocenters. The standard InChI is InChI=1S/C16H17ClN4S/c1-12(16-19-5-10-22-16)20-6-8-21(9-7-20)15-13(11-18)3-2-4-14(15)17/h2-5,10,12H,6-9H2,1H3. The van der Waals surface area contributed by atoms with E-state index in [0.29, 0.717) is 16.6 Å². The Labute approximate surface area is 139 Å². The van der Waals surface area contributed by atoms with Crippen LogP contribution in [0.3, 0.4) is 0 Å². The van der Waals surface area contributed by atoms with Gasteiger partial charge in [0.1, 0.15) is 11.1 Å². The molecule has 0 N–H and O–H groups in total. The molecule has 1 aromatic carbocycles. The third kappa shape index (κ3) is 2.95. The molecule has 0 bridgehead atoms. The molecule has 1 aromatic heterocycles. The first-order valence-electron chi connectivity index (χ1n) is 7.27. The SMILES string of the molecule is CC(c1nccs1)N1CCN(c2c(Cl)cccc2C#N)CC1. The van der Waals surface area contributed by atoms with Crippen LogP contribution < -0.4 is 4.90 Å². The zero-order chi connectivity index (χ0) is 15.5. The molecular weight excluding hydrogens is 316 g/mol. The molecule has 2 aromatic rings. The third-order valence-corrected chi connectivity index (χ3v) is 5.35. The van der Waals surface area contributed by atoms with Crippen molar-refractivity contribution in [3.63, 3.8) is 0 Å². The molecule has 1 saturated heterocycles. The summed E-state index contributed by atoms with van der Waals surface area (Å²) in [5, 5.41) is 13.1. The maximum absolute atomic E-state index is 9.29. The number of aromatic nitrogens is 1. The van der Waals surface area contributed by atoms with E-state index in [0.717, 1.165) is 36.9 Å². The highest BCUT2D eigenvalue weighted by atomic mass is 35.5. The molecule has 114 valence electrons. The second-order valence-electron chi connectivity index (χ2n) is 5.32. The Morgan fingerprint density at radius 3 is 2.73 bits per heavy atom. The topological polar surface area (TPSA) is 43.2 Å². The predicted octanol–water partition coefficient (Wildman–Crippen LogP) is 3.55. The molecule has 0 saturated carbocycles. The van der Waals surface area contributed by atoms with Crippen molar-refractivity contribution in [2.75, 3.05) is 31.1 Å². The van der Waals surface area contributed by atoms with Crippen LogP contribution in [-0.4, -0.2) is 36.1 Å². The van der Waals surface area contributed by atoms with Crippen molar-refractivity contribution in [3.8, 4) is 6.07 Å². The third-order valence-electron chi connectivity index (χ3n) is 4.09. The molecule has 2 heterocycles. The Balaban J connectivity index is 1.71.